The first kappa shape index (κ1) is 16.0. The zero-order valence-corrected chi connectivity index (χ0v) is 14.7. The van der Waals surface area contributed by atoms with E-state index in [2.05, 4.69) is 26.4 Å². The van der Waals surface area contributed by atoms with E-state index in [-0.39, 0.29) is 5.82 Å². The molecule has 25 heavy (non-hydrogen) atoms. The monoisotopic (exact) mass is 339 g/mol. The number of aromatic nitrogens is 4. The van der Waals surface area contributed by atoms with E-state index in [1.165, 1.54) is 25.0 Å². The molecule has 0 aliphatic carbocycles. The van der Waals surface area contributed by atoms with E-state index in [0.29, 0.717) is 0 Å². The summed E-state index contributed by atoms with van der Waals surface area (Å²) in [4.78, 5) is 16.6. The standard InChI is InChI=1S/C19H22FN5/c1-3-10-25-17(14-6-8-15(20)9-7-14)23-16-18(24-11-4-5-12-24)21-13(2)22-19(16)25/h6-9H,3-5,10-12H2,1-2H3. The highest BCUT2D eigenvalue weighted by Crippen LogP contribution is 2.31. The summed E-state index contributed by atoms with van der Waals surface area (Å²) in [6.07, 6.45) is 3.35. The number of nitrogens with zero attached hydrogens (tertiary/aromatic N) is 5. The molecule has 0 atom stereocenters. The summed E-state index contributed by atoms with van der Waals surface area (Å²) in [6.45, 7) is 6.91. The van der Waals surface area contributed by atoms with Gasteiger partial charge < -0.3 is 9.47 Å². The fourth-order valence-electron chi connectivity index (χ4n) is 3.50. The van der Waals surface area contributed by atoms with E-state index >= 15 is 0 Å². The molecule has 6 heteroatoms. The molecule has 0 N–H and O–H groups in total. The van der Waals surface area contributed by atoms with Gasteiger partial charge in [-0.2, -0.15) is 0 Å². The molecule has 5 nitrogen and oxygen atoms in total. The number of aryl methyl sites for hydroxylation is 2. The van der Waals surface area contributed by atoms with Gasteiger partial charge in [0.15, 0.2) is 17.0 Å². The van der Waals surface area contributed by atoms with Gasteiger partial charge in [0.2, 0.25) is 0 Å². The van der Waals surface area contributed by atoms with Crippen molar-refractivity contribution in [2.75, 3.05) is 18.0 Å². The van der Waals surface area contributed by atoms with Crippen LogP contribution in [0.4, 0.5) is 10.2 Å². The normalized spacial score (nSPS) is 14.6. The number of halogens is 1. The molecule has 0 saturated carbocycles. The lowest BCUT2D eigenvalue weighted by Gasteiger charge is -2.16. The number of benzene rings is 1. The van der Waals surface area contributed by atoms with Crippen molar-refractivity contribution in [2.45, 2.75) is 39.7 Å². The highest BCUT2D eigenvalue weighted by molar-refractivity contribution is 5.87. The van der Waals surface area contributed by atoms with Crippen molar-refractivity contribution in [1.29, 1.82) is 0 Å². The first-order valence-electron chi connectivity index (χ1n) is 8.93. The van der Waals surface area contributed by atoms with E-state index in [1.807, 2.05) is 6.92 Å². The Morgan fingerprint density at radius 2 is 1.76 bits per heavy atom. The van der Waals surface area contributed by atoms with Crippen LogP contribution in [-0.2, 0) is 6.54 Å². The van der Waals surface area contributed by atoms with Crippen LogP contribution in [0.3, 0.4) is 0 Å². The predicted molar refractivity (Wildman–Crippen MR) is 97.2 cm³/mol. The van der Waals surface area contributed by atoms with Gasteiger partial charge in [0.05, 0.1) is 0 Å². The van der Waals surface area contributed by atoms with E-state index in [9.17, 15) is 4.39 Å². The number of hydrogen-bond donors (Lipinski definition) is 0. The van der Waals surface area contributed by atoms with Crippen LogP contribution in [0, 0.1) is 12.7 Å². The minimum atomic E-state index is -0.240. The van der Waals surface area contributed by atoms with Gasteiger partial charge in [0.1, 0.15) is 17.5 Å². The zero-order valence-electron chi connectivity index (χ0n) is 14.7. The molecule has 2 aromatic heterocycles. The Morgan fingerprint density at radius 3 is 2.44 bits per heavy atom. The molecule has 1 aliphatic heterocycles. The fraction of sp³-hybridized carbons (Fsp3) is 0.421. The minimum Gasteiger partial charge on any atom is -0.355 e. The fourth-order valence-corrected chi connectivity index (χ4v) is 3.50. The second-order valence-corrected chi connectivity index (χ2v) is 6.55. The highest BCUT2D eigenvalue weighted by atomic mass is 19.1. The molecular weight excluding hydrogens is 317 g/mol. The quantitative estimate of drug-likeness (QED) is 0.722. The molecule has 0 unspecified atom stereocenters. The Balaban J connectivity index is 1.94. The number of fused-ring (bicyclic) bond motifs is 1. The van der Waals surface area contributed by atoms with Gasteiger partial charge in [-0.15, -0.1) is 0 Å². The van der Waals surface area contributed by atoms with Crippen LogP contribution in [0.25, 0.3) is 22.6 Å². The van der Waals surface area contributed by atoms with Crippen molar-refractivity contribution in [3.8, 4) is 11.4 Å². The van der Waals surface area contributed by atoms with Crippen LogP contribution < -0.4 is 4.90 Å². The van der Waals surface area contributed by atoms with Gasteiger partial charge in [-0.3, -0.25) is 0 Å². The molecule has 3 aromatic rings. The second kappa shape index (κ2) is 6.43. The van der Waals surface area contributed by atoms with E-state index in [0.717, 1.165) is 60.2 Å². The SMILES string of the molecule is CCCn1c(-c2ccc(F)cc2)nc2c(N3CCCC3)nc(C)nc21. The molecule has 130 valence electrons. The predicted octanol–water partition coefficient (Wildman–Crippen LogP) is 3.95. The van der Waals surface area contributed by atoms with Gasteiger partial charge in [0, 0.05) is 25.2 Å². The summed E-state index contributed by atoms with van der Waals surface area (Å²) in [5, 5.41) is 0. The third kappa shape index (κ3) is 2.86. The Kier molecular flexibility index (Phi) is 4.11. The number of imidazole rings is 1. The molecule has 1 aromatic carbocycles. The summed E-state index contributed by atoms with van der Waals surface area (Å²) < 4.78 is 15.5. The molecule has 0 radical (unpaired) electrons. The number of rotatable bonds is 4. The molecule has 1 saturated heterocycles. The van der Waals surface area contributed by atoms with Gasteiger partial charge >= 0.3 is 0 Å². The largest absolute Gasteiger partial charge is 0.355 e. The Morgan fingerprint density at radius 1 is 1.04 bits per heavy atom. The van der Waals surface area contributed by atoms with Gasteiger partial charge in [0.25, 0.3) is 0 Å². The molecule has 1 fully saturated rings. The van der Waals surface area contributed by atoms with Gasteiger partial charge in [-0.1, -0.05) is 6.92 Å². The van der Waals surface area contributed by atoms with Crippen LogP contribution in [-0.4, -0.2) is 32.6 Å². The molecule has 0 amide bonds. The lowest BCUT2D eigenvalue weighted by Crippen LogP contribution is -2.20. The molecule has 1 aliphatic rings. The third-order valence-electron chi connectivity index (χ3n) is 4.64. The molecular formula is C19H22FN5. The topological polar surface area (TPSA) is 46.8 Å². The second-order valence-electron chi connectivity index (χ2n) is 6.55. The van der Waals surface area contributed by atoms with Gasteiger partial charge in [-0.05, 0) is 50.5 Å². The van der Waals surface area contributed by atoms with E-state index in [4.69, 9.17) is 4.98 Å². The Labute approximate surface area is 146 Å². The number of hydrogen-bond acceptors (Lipinski definition) is 4. The van der Waals surface area contributed by atoms with Crippen molar-refractivity contribution < 1.29 is 4.39 Å². The van der Waals surface area contributed by atoms with Crippen molar-refractivity contribution in [3.63, 3.8) is 0 Å². The average Bonchev–Trinajstić information content (AvgIpc) is 3.24. The molecule has 0 bridgehead atoms. The number of anilines is 1. The van der Waals surface area contributed by atoms with Crippen LogP contribution in [0.15, 0.2) is 24.3 Å². The molecule has 0 spiro atoms. The van der Waals surface area contributed by atoms with Crippen molar-refractivity contribution in [1.82, 2.24) is 19.5 Å². The minimum absolute atomic E-state index is 0.240. The molecule has 4 rings (SSSR count). The molecule has 3 heterocycles. The Hall–Kier alpha value is -2.50. The maximum Gasteiger partial charge on any atom is 0.166 e. The summed E-state index contributed by atoms with van der Waals surface area (Å²) in [7, 11) is 0. The maximum atomic E-state index is 13.3. The maximum absolute atomic E-state index is 13.3. The smallest absolute Gasteiger partial charge is 0.166 e. The van der Waals surface area contributed by atoms with Crippen LogP contribution in [0.1, 0.15) is 32.0 Å². The average molecular weight is 339 g/mol. The highest BCUT2D eigenvalue weighted by Gasteiger charge is 2.23. The summed E-state index contributed by atoms with van der Waals surface area (Å²) in [5.41, 5.74) is 2.62. The first-order valence-corrected chi connectivity index (χ1v) is 8.93. The van der Waals surface area contributed by atoms with Crippen LogP contribution in [0.5, 0.6) is 0 Å². The zero-order chi connectivity index (χ0) is 17.4. The third-order valence-corrected chi connectivity index (χ3v) is 4.64. The van der Waals surface area contributed by atoms with Crippen LogP contribution in [0.2, 0.25) is 0 Å². The summed E-state index contributed by atoms with van der Waals surface area (Å²) in [5.74, 6) is 2.28. The van der Waals surface area contributed by atoms with Crippen molar-refractivity contribution >= 4 is 17.0 Å². The van der Waals surface area contributed by atoms with Crippen molar-refractivity contribution in [3.05, 3.63) is 35.9 Å². The van der Waals surface area contributed by atoms with Crippen molar-refractivity contribution in [2.24, 2.45) is 0 Å². The van der Waals surface area contributed by atoms with Crippen LogP contribution >= 0.6 is 0 Å². The van der Waals surface area contributed by atoms with Gasteiger partial charge in [-0.25, -0.2) is 19.3 Å². The summed E-state index contributed by atoms with van der Waals surface area (Å²) in [6, 6.07) is 6.50. The van der Waals surface area contributed by atoms with E-state index < -0.39 is 0 Å². The van der Waals surface area contributed by atoms with E-state index in [1.54, 1.807) is 12.1 Å². The first-order chi connectivity index (χ1) is 12.2. The Bertz CT molecular complexity index is 894. The summed E-state index contributed by atoms with van der Waals surface area (Å²) >= 11 is 0. The lowest BCUT2D eigenvalue weighted by atomic mass is 10.2. The lowest BCUT2D eigenvalue weighted by molar-refractivity contribution is 0.628.